The van der Waals surface area contributed by atoms with Gasteiger partial charge in [0.1, 0.15) is 22.6 Å². The number of aromatic nitrogens is 3. The maximum atomic E-state index is 13.5. The number of aliphatic hydroxyl groups excluding tert-OH is 1. The molecule has 1 fully saturated rings. The van der Waals surface area contributed by atoms with Gasteiger partial charge in [0.2, 0.25) is 10.0 Å². The first-order valence-electron chi connectivity index (χ1n) is 12.7. The Kier molecular flexibility index (Phi) is 8.51. The number of hydrogen-bond acceptors (Lipinski definition) is 9. The quantitative estimate of drug-likeness (QED) is 0.196. The number of rotatable bonds is 10. The summed E-state index contributed by atoms with van der Waals surface area (Å²) in [6, 6.07) is 4.57. The molecule has 0 spiro atoms. The Morgan fingerprint density at radius 2 is 1.95 bits per heavy atom. The number of aryl methyl sites for hydroxylation is 2. The third-order valence-electron chi connectivity index (χ3n) is 6.76. The molecular weight excluding hydrogens is 512 g/mol. The average molecular weight is 547 g/mol. The minimum Gasteiger partial charge on any atom is -0.493 e. The largest absolute Gasteiger partial charge is 0.493 e. The molecule has 0 atom stereocenters. The molecule has 0 aliphatic carbocycles. The van der Waals surface area contributed by atoms with E-state index < -0.39 is 15.6 Å². The Morgan fingerprint density at radius 1 is 1.21 bits per heavy atom. The van der Waals surface area contributed by atoms with Crippen molar-refractivity contribution in [2.75, 3.05) is 45.9 Å². The summed E-state index contributed by atoms with van der Waals surface area (Å²) >= 11 is 0. The molecule has 0 radical (unpaired) electrons. The van der Waals surface area contributed by atoms with Crippen LogP contribution in [0.4, 0.5) is 0 Å². The zero-order chi connectivity index (χ0) is 27.4. The number of piperazine rings is 1. The van der Waals surface area contributed by atoms with Gasteiger partial charge in [0.05, 0.1) is 35.6 Å². The molecule has 1 aliphatic rings. The van der Waals surface area contributed by atoms with E-state index in [9.17, 15) is 23.5 Å². The summed E-state index contributed by atoms with van der Waals surface area (Å²) in [7, 11) is -2.12. The topological polar surface area (TPSA) is 153 Å². The molecule has 13 heteroatoms. The summed E-state index contributed by atoms with van der Waals surface area (Å²) in [5.74, 6) is 0.582. The molecule has 3 heterocycles. The van der Waals surface area contributed by atoms with Gasteiger partial charge in [-0.3, -0.25) is 9.69 Å². The van der Waals surface area contributed by atoms with E-state index in [1.54, 1.807) is 17.7 Å². The van der Waals surface area contributed by atoms with Gasteiger partial charge in [-0.1, -0.05) is 18.5 Å². The number of nitrogens with one attached hydrogen (secondary N) is 1. The van der Waals surface area contributed by atoms with E-state index in [2.05, 4.69) is 10.1 Å². The fourth-order valence-corrected chi connectivity index (χ4v) is 6.34. The van der Waals surface area contributed by atoms with Crippen LogP contribution in [-0.4, -0.2) is 94.6 Å². The monoisotopic (exact) mass is 546 g/mol. The lowest BCUT2D eigenvalue weighted by Crippen LogP contribution is -2.49. The van der Waals surface area contributed by atoms with Crippen molar-refractivity contribution in [2.24, 2.45) is 12.2 Å². The summed E-state index contributed by atoms with van der Waals surface area (Å²) in [6.07, 6.45) is 2.66. The predicted molar refractivity (Wildman–Crippen MR) is 144 cm³/mol. The number of fused-ring (bicyclic) bond motifs is 1. The number of sulfonamides is 1. The Bertz CT molecular complexity index is 1490. The van der Waals surface area contributed by atoms with Crippen molar-refractivity contribution in [2.45, 2.75) is 31.6 Å². The fraction of sp³-hybridized carbons (Fsp3) is 0.480. The van der Waals surface area contributed by atoms with Gasteiger partial charge in [-0.25, -0.2) is 13.4 Å². The van der Waals surface area contributed by atoms with Crippen LogP contribution in [0.15, 0.2) is 33.0 Å². The van der Waals surface area contributed by atoms with Gasteiger partial charge in [0.15, 0.2) is 0 Å². The van der Waals surface area contributed by atoms with Crippen LogP contribution < -0.4 is 10.3 Å². The highest BCUT2D eigenvalue weighted by atomic mass is 32.2. The second-order valence-electron chi connectivity index (χ2n) is 9.09. The van der Waals surface area contributed by atoms with Crippen molar-refractivity contribution < 1.29 is 23.5 Å². The Morgan fingerprint density at radius 3 is 2.58 bits per heavy atom. The number of nitrogens with zero attached hydrogens (tertiary/aromatic N) is 5. The molecule has 4 rings (SSSR count). The molecule has 2 aromatic heterocycles. The first kappa shape index (κ1) is 27.8. The lowest BCUT2D eigenvalue weighted by atomic mass is 10.1. The standard InChI is InChI=1S/C25H34N6O6S/c1-4-6-18-20(16-26-34)29(3)23-22(18)27-24(28-25(23)33)19-15-17(7-8-21(19)37-5-2)38(35,36)31-11-9-30(10-12-31)13-14-32/h7-8,15-16,32,34H,4-6,9-14H2,1-3H3,(H,27,28,33)/b26-16+. The third-order valence-corrected chi connectivity index (χ3v) is 8.65. The van der Waals surface area contributed by atoms with Gasteiger partial charge in [-0.15, -0.1) is 0 Å². The lowest BCUT2D eigenvalue weighted by Gasteiger charge is -2.33. The van der Waals surface area contributed by atoms with Gasteiger partial charge < -0.3 is 24.6 Å². The van der Waals surface area contributed by atoms with Crippen molar-refractivity contribution in [3.8, 4) is 17.1 Å². The molecule has 0 bridgehead atoms. The van der Waals surface area contributed by atoms with E-state index >= 15 is 0 Å². The molecule has 1 aromatic carbocycles. The van der Waals surface area contributed by atoms with Crippen LogP contribution in [0.3, 0.4) is 0 Å². The number of aliphatic hydroxyl groups is 1. The number of benzene rings is 1. The van der Waals surface area contributed by atoms with Crippen molar-refractivity contribution in [1.82, 2.24) is 23.7 Å². The van der Waals surface area contributed by atoms with Crippen LogP contribution in [0.25, 0.3) is 22.4 Å². The highest BCUT2D eigenvalue weighted by molar-refractivity contribution is 7.89. The number of oxime groups is 1. The molecule has 3 aromatic rings. The highest BCUT2D eigenvalue weighted by Gasteiger charge is 2.30. The van der Waals surface area contributed by atoms with Crippen LogP contribution in [0.1, 0.15) is 31.5 Å². The zero-order valence-corrected chi connectivity index (χ0v) is 22.7. The summed E-state index contributed by atoms with van der Waals surface area (Å²) in [6.45, 7) is 6.37. The second-order valence-corrected chi connectivity index (χ2v) is 11.0. The van der Waals surface area contributed by atoms with Gasteiger partial charge in [0.25, 0.3) is 5.56 Å². The molecular formula is C25H34N6O6S. The van der Waals surface area contributed by atoms with E-state index in [1.165, 1.54) is 22.7 Å². The summed E-state index contributed by atoms with van der Waals surface area (Å²) in [5, 5.41) is 21.5. The maximum absolute atomic E-state index is 13.5. The van der Waals surface area contributed by atoms with Crippen molar-refractivity contribution in [1.29, 1.82) is 0 Å². The van der Waals surface area contributed by atoms with Crippen LogP contribution in [-0.2, 0) is 23.5 Å². The first-order valence-corrected chi connectivity index (χ1v) is 14.1. The average Bonchev–Trinajstić information content (AvgIpc) is 3.16. The molecule has 38 heavy (non-hydrogen) atoms. The van der Waals surface area contributed by atoms with Crippen molar-refractivity contribution >= 4 is 27.3 Å². The van der Waals surface area contributed by atoms with E-state index in [0.717, 1.165) is 12.0 Å². The Labute approximate surface area is 221 Å². The molecule has 1 aliphatic heterocycles. The highest BCUT2D eigenvalue weighted by Crippen LogP contribution is 2.33. The smallest absolute Gasteiger partial charge is 0.275 e. The fourth-order valence-electron chi connectivity index (χ4n) is 4.90. The number of β-amino-alcohol motifs (C(OH)–C–C–N with tert-alkyl or cyclic N) is 1. The first-order chi connectivity index (χ1) is 18.3. The van der Waals surface area contributed by atoms with Crippen LogP contribution >= 0.6 is 0 Å². The third kappa shape index (κ3) is 5.19. The minimum atomic E-state index is -3.82. The Hall–Kier alpha value is -3.26. The molecule has 1 saturated heterocycles. The van der Waals surface area contributed by atoms with E-state index in [4.69, 9.17) is 9.72 Å². The zero-order valence-electron chi connectivity index (χ0n) is 21.8. The van der Waals surface area contributed by atoms with Crippen LogP contribution in [0.5, 0.6) is 5.75 Å². The lowest BCUT2D eigenvalue weighted by molar-refractivity contribution is 0.151. The van der Waals surface area contributed by atoms with Crippen molar-refractivity contribution in [3.05, 3.63) is 39.8 Å². The van der Waals surface area contributed by atoms with E-state index in [-0.39, 0.29) is 17.3 Å². The SMILES string of the molecule is CCCc1c(/C=N/O)n(C)c2c(=O)[nH]c(-c3cc(S(=O)(=O)N4CCN(CCO)CC4)ccc3OCC)nc12. The number of H-pyrrole nitrogens is 1. The van der Waals surface area contributed by atoms with E-state index in [0.29, 0.717) is 73.8 Å². The van der Waals surface area contributed by atoms with Crippen molar-refractivity contribution in [3.63, 3.8) is 0 Å². The van der Waals surface area contributed by atoms with E-state index in [1.807, 2.05) is 18.7 Å². The molecule has 12 nitrogen and oxygen atoms in total. The molecule has 0 amide bonds. The predicted octanol–water partition coefficient (Wildman–Crippen LogP) is 1.39. The van der Waals surface area contributed by atoms with Gasteiger partial charge >= 0.3 is 0 Å². The molecule has 3 N–H and O–H groups in total. The summed E-state index contributed by atoms with van der Waals surface area (Å²) in [5.41, 5.74) is 2.07. The maximum Gasteiger partial charge on any atom is 0.275 e. The number of ether oxygens (including phenoxy) is 1. The van der Waals surface area contributed by atoms with Gasteiger partial charge in [0, 0.05) is 45.3 Å². The summed E-state index contributed by atoms with van der Waals surface area (Å²) in [4.78, 5) is 22.9. The minimum absolute atomic E-state index is 0.0280. The molecule has 0 saturated carbocycles. The Balaban J connectivity index is 1.83. The molecule has 0 unspecified atom stereocenters. The molecule has 206 valence electrons. The normalized spacial score (nSPS) is 15.6. The second kappa shape index (κ2) is 11.6. The number of aromatic amines is 1. The van der Waals surface area contributed by atoms with Crippen LogP contribution in [0.2, 0.25) is 0 Å². The van der Waals surface area contributed by atoms with Gasteiger partial charge in [-0.05, 0) is 31.5 Å². The van der Waals surface area contributed by atoms with Crippen LogP contribution in [0, 0.1) is 0 Å². The van der Waals surface area contributed by atoms with Gasteiger partial charge in [-0.2, -0.15) is 4.31 Å². The number of hydrogen-bond donors (Lipinski definition) is 3. The summed E-state index contributed by atoms with van der Waals surface area (Å²) < 4.78 is 35.9.